The number of carbonyl (C=O) groups excluding carboxylic acids is 3. The number of nitrogens with zero attached hydrogens (tertiary/aromatic N) is 1. The zero-order valence-electron chi connectivity index (χ0n) is 13.5. The number of ketones is 1. The highest BCUT2D eigenvalue weighted by Crippen LogP contribution is 2.16. The number of carbonyl (C=O) groups is 3. The third-order valence-corrected chi connectivity index (χ3v) is 4.36. The largest absolute Gasteiger partial charge is 0.381 e. The molecule has 2 rings (SSSR count). The molecule has 130 valence electrons. The zero-order valence-corrected chi connectivity index (χ0v) is 14.3. The summed E-state index contributed by atoms with van der Waals surface area (Å²) in [6.45, 7) is 2.88. The summed E-state index contributed by atoms with van der Waals surface area (Å²) in [6, 6.07) is 6.15. The van der Waals surface area contributed by atoms with Crippen LogP contribution in [0, 0.1) is 0 Å². The standard InChI is InChI=1S/C17H21ClN2O4/c1-12(20(11-21)15-5-7-24-8-6-15)16(22)17(23)19-10-13-3-2-4-14(18)9-13/h2-4,9,11-12,15H,5-8,10H2,1H3,(H,19,23). The van der Waals surface area contributed by atoms with Crippen LogP contribution in [0.4, 0.5) is 0 Å². The average molecular weight is 353 g/mol. The summed E-state index contributed by atoms with van der Waals surface area (Å²) in [4.78, 5) is 37.2. The van der Waals surface area contributed by atoms with Crippen LogP contribution in [0.1, 0.15) is 25.3 Å². The van der Waals surface area contributed by atoms with Gasteiger partial charge in [0.05, 0.1) is 6.04 Å². The molecule has 1 atom stereocenters. The van der Waals surface area contributed by atoms with Crippen molar-refractivity contribution in [3.63, 3.8) is 0 Å². The summed E-state index contributed by atoms with van der Waals surface area (Å²) < 4.78 is 5.26. The summed E-state index contributed by atoms with van der Waals surface area (Å²) in [5.74, 6) is -1.34. The van der Waals surface area contributed by atoms with Crippen molar-refractivity contribution < 1.29 is 19.1 Å². The summed E-state index contributed by atoms with van der Waals surface area (Å²) in [7, 11) is 0. The molecular formula is C17H21ClN2O4. The quantitative estimate of drug-likeness (QED) is 0.596. The first-order valence-corrected chi connectivity index (χ1v) is 8.27. The van der Waals surface area contributed by atoms with E-state index in [2.05, 4.69) is 5.32 Å². The fraction of sp³-hybridized carbons (Fsp3) is 0.471. The highest BCUT2D eigenvalue weighted by atomic mass is 35.5. The molecular weight excluding hydrogens is 332 g/mol. The van der Waals surface area contributed by atoms with E-state index >= 15 is 0 Å². The SMILES string of the molecule is CC(C(=O)C(=O)NCc1cccc(Cl)c1)N(C=O)C1CCOCC1. The Morgan fingerprint density at radius 1 is 1.42 bits per heavy atom. The number of rotatable bonds is 7. The predicted octanol–water partition coefficient (Wildman–Crippen LogP) is 1.55. The number of Topliss-reactive ketones (excluding diaryl/α,β-unsaturated/α-hetero) is 1. The molecule has 24 heavy (non-hydrogen) atoms. The van der Waals surface area contributed by atoms with Crippen molar-refractivity contribution >= 4 is 29.7 Å². The van der Waals surface area contributed by atoms with E-state index in [1.54, 1.807) is 31.2 Å². The molecule has 1 aromatic carbocycles. The maximum absolute atomic E-state index is 12.3. The summed E-state index contributed by atoms with van der Waals surface area (Å²) >= 11 is 5.88. The first kappa shape index (κ1) is 18.4. The Balaban J connectivity index is 1.92. The summed E-state index contributed by atoms with van der Waals surface area (Å²) in [6.07, 6.45) is 1.98. The molecule has 0 radical (unpaired) electrons. The normalized spacial score (nSPS) is 16.2. The topological polar surface area (TPSA) is 75.7 Å². The fourth-order valence-electron chi connectivity index (χ4n) is 2.72. The van der Waals surface area contributed by atoms with Gasteiger partial charge >= 0.3 is 0 Å². The van der Waals surface area contributed by atoms with Crippen molar-refractivity contribution in [1.82, 2.24) is 10.2 Å². The molecule has 2 amide bonds. The molecule has 0 saturated carbocycles. The van der Waals surface area contributed by atoms with E-state index in [1.165, 1.54) is 4.90 Å². The number of ether oxygens (including phenoxy) is 1. The molecule has 0 aliphatic carbocycles. The van der Waals surface area contributed by atoms with Crippen LogP contribution < -0.4 is 5.32 Å². The number of hydrogen-bond acceptors (Lipinski definition) is 4. The Bertz CT molecular complexity index is 602. The lowest BCUT2D eigenvalue weighted by Crippen LogP contribution is -2.50. The highest BCUT2D eigenvalue weighted by molar-refractivity contribution is 6.38. The van der Waals surface area contributed by atoms with Crippen LogP contribution in [-0.2, 0) is 25.7 Å². The molecule has 1 aliphatic rings. The van der Waals surface area contributed by atoms with Crippen LogP contribution in [0.2, 0.25) is 5.02 Å². The summed E-state index contributed by atoms with van der Waals surface area (Å²) in [5, 5.41) is 3.14. The van der Waals surface area contributed by atoms with E-state index in [0.717, 1.165) is 5.56 Å². The van der Waals surface area contributed by atoms with Gasteiger partial charge in [0.15, 0.2) is 0 Å². The second-order valence-electron chi connectivity index (χ2n) is 5.75. The third-order valence-electron chi connectivity index (χ3n) is 4.13. The fourth-order valence-corrected chi connectivity index (χ4v) is 2.93. The highest BCUT2D eigenvalue weighted by Gasteiger charge is 2.31. The minimum atomic E-state index is -0.801. The van der Waals surface area contributed by atoms with Gasteiger partial charge < -0.3 is 15.0 Å². The van der Waals surface area contributed by atoms with E-state index in [0.29, 0.717) is 37.5 Å². The molecule has 0 bridgehead atoms. The van der Waals surface area contributed by atoms with Gasteiger partial charge in [0.2, 0.25) is 12.2 Å². The summed E-state index contributed by atoms with van der Waals surface area (Å²) in [5.41, 5.74) is 0.799. The number of benzene rings is 1. The molecule has 1 aliphatic heterocycles. The minimum absolute atomic E-state index is 0.0732. The Morgan fingerprint density at radius 3 is 2.75 bits per heavy atom. The van der Waals surface area contributed by atoms with Gasteiger partial charge in [-0.05, 0) is 37.5 Å². The molecule has 0 aromatic heterocycles. The minimum Gasteiger partial charge on any atom is -0.381 e. The van der Waals surface area contributed by atoms with Crippen LogP contribution in [0.5, 0.6) is 0 Å². The van der Waals surface area contributed by atoms with E-state index < -0.39 is 17.7 Å². The second kappa shape index (κ2) is 8.80. The van der Waals surface area contributed by atoms with E-state index in [9.17, 15) is 14.4 Å². The molecule has 1 unspecified atom stereocenters. The van der Waals surface area contributed by atoms with Gasteiger partial charge in [-0.1, -0.05) is 23.7 Å². The number of halogens is 1. The van der Waals surface area contributed by atoms with Crippen LogP contribution in [-0.4, -0.2) is 48.3 Å². The van der Waals surface area contributed by atoms with E-state index in [-0.39, 0.29) is 12.6 Å². The Kier molecular flexibility index (Phi) is 6.75. The van der Waals surface area contributed by atoms with Gasteiger partial charge in [0, 0.05) is 30.8 Å². The molecule has 1 saturated heterocycles. The van der Waals surface area contributed by atoms with Gasteiger partial charge in [-0.15, -0.1) is 0 Å². The third kappa shape index (κ3) is 4.79. The van der Waals surface area contributed by atoms with Crippen LogP contribution in [0.25, 0.3) is 0 Å². The lowest BCUT2D eigenvalue weighted by atomic mass is 10.0. The monoisotopic (exact) mass is 352 g/mol. The van der Waals surface area contributed by atoms with Crippen LogP contribution >= 0.6 is 11.6 Å². The van der Waals surface area contributed by atoms with E-state index in [4.69, 9.17) is 16.3 Å². The first-order valence-electron chi connectivity index (χ1n) is 7.90. The van der Waals surface area contributed by atoms with Crippen molar-refractivity contribution in [2.45, 2.75) is 38.4 Å². The lowest BCUT2D eigenvalue weighted by molar-refractivity contribution is -0.144. The second-order valence-corrected chi connectivity index (χ2v) is 6.19. The van der Waals surface area contributed by atoms with Crippen molar-refractivity contribution in [1.29, 1.82) is 0 Å². The first-order chi connectivity index (χ1) is 11.5. The van der Waals surface area contributed by atoms with Crippen molar-refractivity contribution in [3.05, 3.63) is 34.9 Å². The molecule has 7 heteroatoms. The lowest BCUT2D eigenvalue weighted by Gasteiger charge is -2.34. The van der Waals surface area contributed by atoms with Gasteiger partial charge in [0.1, 0.15) is 0 Å². The Morgan fingerprint density at radius 2 is 2.12 bits per heavy atom. The van der Waals surface area contributed by atoms with Crippen molar-refractivity contribution in [2.24, 2.45) is 0 Å². The van der Waals surface area contributed by atoms with Crippen molar-refractivity contribution in [3.8, 4) is 0 Å². The van der Waals surface area contributed by atoms with Gasteiger partial charge in [-0.2, -0.15) is 0 Å². The maximum Gasteiger partial charge on any atom is 0.289 e. The molecule has 1 aromatic rings. The van der Waals surface area contributed by atoms with Gasteiger partial charge in [-0.3, -0.25) is 14.4 Å². The average Bonchev–Trinajstić information content (AvgIpc) is 2.60. The predicted molar refractivity (Wildman–Crippen MR) is 89.5 cm³/mol. The molecule has 1 fully saturated rings. The zero-order chi connectivity index (χ0) is 17.5. The van der Waals surface area contributed by atoms with Crippen molar-refractivity contribution in [2.75, 3.05) is 13.2 Å². The number of amides is 2. The molecule has 1 heterocycles. The Hall–Kier alpha value is -1.92. The van der Waals surface area contributed by atoms with Crippen LogP contribution in [0.3, 0.4) is 0 Å². The van der Waals surface area contributed by atoms with Gasteiger partial charge in [0.25, 0.3) is 5.91 Å². The van der Waals surface area contributed by atoms with Crippen LogP contribution in [0.15, 0.2) is 24.3 Å². The smallest absolute Gasteiger partial charge is 0.289 e. The maximum atomic E-state index is 12.3. The van der Waals surface area contributed by atoms with Gasteiger partial charge in [-0.25, -0.2) is 0 Å². The molecule has 6 nitrogen and oxygen atoms in total. The Labute approximate surface area is 146 Å². The molecule has 0 spiro atoms. The van der Waals surface area contributed by atoms with E-state index in [1.807, 2.05) is 0 Å². The number of hydrogen-bond donors (Lipinski definition) is 1. The molecule has 1 N–H and O–H groups in total. The number of nitrogens with one attached hydrogen (secondary N) is 1.